The number of ether oxygens (including phenoxy) is 1. The maximum Gasteiger partial charge on any atom is 0.416 e. The van der Waals surface area contributed by atoms with Crippen molar-refractivity contribution in [3.05, 3.63) is 29.3 Å². The van der Waals surface area contributed by atoms with Crippen LogP contribution < -0.4 is 10.5 Å². The fraction of sp³-hybridized carbons (Fsp3) is 0.455. The highest BCUT2D eigenvalue weighted by Gasteiger charge is 2.31. The predicted octanol–water partition coefficient (Wildman–Crippen LogP) is 3.07. The first-order chi connectivity index (χ1) is 7.90. The summed E-state index contributed by atoms with van der Waals surface area (Å²) in [6, 6.07) is 2.34. The molecule has 96 valence electrons. The molecule has 0 spiro atoms. The molecule has 0 bridgehead atoms. The highest BCUT2D eigenvalue weighted by molar-refractivity contribution is 5.40. The molecule has 1 aromatic carbocycles. The molecule has 0 aliphatic carbocycles. The Hall–Kier alpha value is -1.30. The molecule has 0 aromatic heterocycles. The number of nitrogens with two attached hydrogens (primary N) is 1. The number of halogens is 4. The van der Waals surface area contributed by atoms with Gasteiger partial charge in [0, 0.05) is 11.6 Å². The van der Waals surface area contributed by atoms with Crippen LogP contribution in [0.5, 0.6) is 5.75 Å². The smallest absolute Gasteiger partial charge is 0.416 e. The van der Waals surface area contributed by atoms with E-state index in [0.29, 0.717) is 5.56 Å². The Bertz CT molecular complexity index is 378. The first-order valence-electron chi connectivity index (χ1n) is 4.96. The van der Waals surface area contributed by atoms with Gasteiger partial charge < -0.3 is 10.5 Å². The van der Waals surface area contributed by atoms with Crippen molar-refractivity contribution in [1.82, 2.24) is 0 Å². The molecule has 0 aliphatic heterocycles. The normalized spacial score (nSPS) is 13.5. The summed E-state index contributed by atoms with van der Waals surface area (Å²) in [6.45, 7) is -0.634. The first-order valence-corrected chi connectivity index (χ1v) is 4.96. The largest absolute Gasteiger partial charge is 0.496 e. The molecule has 0 radical (unpaired) electrons. The second-order valence-corrected chi connectivity index (χ2v) is 3.54. The minimum Gasteiger partial charge on any atom is -0.496 e. The molecular weight excluding hydrogens is 238 g/mol. The summed E-state index contributed by atoms with van der Waals surface area (Å²) < 4.78 is 54.3. The van der Waals surface area contributed by atoms with Gasteiger partial charge in [-0.3, -0.25) is 4.39 Å². The van der Waals surface area contributed by atoms with Crippen LogP contribution in [0.4, 0.5) is 17.6 Å². The van der Waals surface area contributed by atoms with Crippen LogP contribution in [-0.2, 0) is 6.18 Å². The van der Waals surface area contributed by atoms with Crippen LogP contribution in [0.25, 0.3) is 0 Å². The van der Waals surface area contributed by atoms with Crippen LogP contribution >= 0.6 is 0 Å². The van der Waals surface area contributed by atoms with Gasteiger partial charge >= 0.3 is 6.18 Å². The molecule has 6 heteroatoms. The predicted molar refractivity (Wildman–Crippen MR) is 55.5 cm³/mol. The lowest BCUT2D eigenvalue weighted by Gasteiger charge is -2.16. The van der Waals surface area contributed by atoms with Crippen molar-refractivity contribution >= 4 is 0 Å². The lowest BCUT2D eigenvalue weighted by molar-refractivity contribution is -0.137. The summed E-state index contributed by atoms with van der Waals surface area (Å²) in [5.41, 5.74) is 5.20. The number of hydrogen-bond acceptors (Lipinski definition) is 2. The molecule has 1 rings (SSSR count). The number of alkyl halides is 4. The summed E-state index contributed by atoms with van der Waals surface area (Å²) in [5.74, 6) is 0.0285. The molecule has 0 saturated carbocycles. The topological polar surface area (TPSA) is 35.2 Å². The van der Waals surface area contributed by atoms with E-state index >= 15 is 0 Å². The molecule has 1 aromatic rings. The van der Waals surface area contributed by atoms with E-state index in [2.05, 4.69) is 0 Å². The Morgan fingerprint density at radius 2 is 2.00 bits per heavy atom. The Morgan fingerprint density at radius 1 is 1.35 bits per heavy atom. The third-order valence-electron chi connectivity index (χ3n) is 2.38. The quantitative estimate of drug-likeness (QED) is 0.834. The van der Waals surface area contributed by atoms with Gasteiger partial charge in [-0.25, -0.2) is 0 Å². The van der Waals surface area contributed by atoms with Gasteiger partial charge in [-0.2, -0.15) is 13.2 Å². The van der Waals surface area contributed by atoms with Crippen LogP contribution in [0.15, 0.2) is 18.2 Å². The lowest BCUT2D eigenvalue weighted by atomic mass is 10.0. The maximum absolute atomic E-state index is 12.4. The average Bonchev–Trinajstić information content (AvgIpc) is 2.27. The van der Waals surface area contributed by atoms with Gasteiger partial charge in [0.25, 0.3) is 0 Å². The minimum atomic E-state index is -4.43. The lowest BCUT2D eigenvalue weighted by Crippen LogP contribution is -2.13. The molecule has 2 N–H and O–H groups in total. The van der Waals surface area contributed by atoms with E-state index in [-0.39, 0.29) is 12.2 Å². The monoisotopic (exact) mass is 251 g/mol. The van der Waals surface area contributed by atoms with Crippen molar-refractivity contribution < 1.29 is 22.3 Å². The van der Waals surface area contributed by atoms with Crippen molar-refractivity contribution in [2.45, 2.75) is 18.6 Å². The van der Waals surface area contributed by atoms with Crippen molar-refractivity contribution in [1.29, 1.82) is 0 Å². The van der Waals surface area contributed by atoms with Gasteiger partial charge in [-0.1, -0.05) is 6.07 Å². The highest BCUT2D eigenvalue weighted by atomic mass is 19.4. The third-order valence-corrected chi connectivity index (χ3v) is 2.38. The molecule has 17 heavy (non-hydrogen) atoms. The summed E-state index contributed by atoms with van der Waals surface area (Å²) in [4.78, 5) is 0. The van der Waals surface area contributed by atoms with E-state index in [0.717, 1.165) is 12.1 Å². The van der Waals surface area contributed by atoms with Gasteiger partial charge in [0.15, 0.2) is 0 Å². The summed E-state index contributed by atoms with van der Waals surface area (Å²) in [6.07, 6.45) is -4.39. The molecule has 0 fully saturated rings. The molecule has 0 aliphatic rings. The number of benzene rings is 1. The molecule has 2 nitrogen and oxygen atoms in total. The Balaban J connectivity index is 3.10. The standard InChI is InChI=1S/C11H13F4NO/c1-17-10-6-7(11(13,14)15)2-3-8(10)9(16)4-5-12/h2-3,6,9H,4-5,16H2,1H3/t9-/m0/s1. The SMILES string of the molecule is COc1cc(C(F)(F)F)ccc1[C@@H](N)CCF. The summed E-state index contributed by atoms with van der Waals surface area (Å²) in [7, 11) is 1.25. The van der Waals surface area contributed by atoms with Gasteiger partial charge in [-0.05, 0) is 18.6 Å². The summed E-state index contributed by atoms with van der Waals surface area (Å²) in [5, 5.41) is 0. The van der Waals surface area contributed by atoms with Gasteiger partial charge in [0.05, 0.1) is 19.3 Å². The Morgan fingerprint density at radius 3 is 2.47 bits per heavy atom. The molecular formula is C11H13F4NO. The molecule has 0 unspecified atom stereocenters. The van der Waals surface area contributed by atoms with Gasteiger partial charge in [0.2, 0.25) is 0 Å². The molecule has 0 saturated heterocycles. The van der Waals surface area contributed by atoms with Crippen molar-refractivity contribution in [2.75, 3.05) is 13.8 Å². The Labute approximate surface area is 96.4 Å². The molecule has 1 atom stereocenters. The average molecular weight is 251 g/mol. The zero-order valence-corrected chi connectivity index (χ0v) is 9.22. The van der Waals surface area contributed by atoms with E-state index in [1.165, 1.54) is 13.2 Å². The highest BCUT2D eigenvalue weighted by Crippen LogP contribution is 2.35. The van der Waals surface area contributed by atoms with Crippen LogP contribution in [0.2, 0.25) is 0 Å². The van der Waals surface area contributed by atoms with E-state index in [9.17, 15) is 17.6 Å². The van der Waals surface area contributed by atoms with Gasteiger partial charge in [-0.15, -0.1) is 0 Å². The van der Waals surface area contributed by atoms with Crippen LogP contribution in [0, 0.1) is 0 Å². The molecule has 0 amide bonds. The second-order valence-electron chi connectivity index (χ2n) is 3.54. The third kappa shape index (κ3) is 3.33. The number of hydrogen-bond donors (Lipinski definition) is 1. The first kappa shape index (κ1) is 13.8. The molecule has 0 heterocycles. The van der Waals surface area contributed by atoms with E-state index in [1.54, 1.807) is 0 Å². The van der Waals surface area contributed by atoms with Crippen molar-refractivity contribution in [3.63, 3.8) is 0 Å². The minimum absolute atomic E-state index is 0.0285. The van der Waals surface area contributed by atoms with Crippen LogP contribution in [-0.4, -0.2) is 13.8 Å². The van der Waals surface area contributed by atoms with Gasteiger partial charge in [0.1, 0.15) is 5.75 Å². The zero-order chi connectivity index (χ0) is 13.1. The van der Waals surface area contributed by atoms with Crippen LogP contribution in [0.1, 0.15) is 23.6 Å². The fourth-order valence-electron chi connectivity index (χ4n) is 1.47. The second kappa shape index (κ2) is 5.35. The Kier molecular flexibility index (Phi) is 4.34. The van der Waals surface area contributed by atoms with E-state index in [1.807, 2.05) is 0 Å². The van der Waals surface area contributed by atoms with Crippen molar-refractivity contribution in [2.24, 2.45) is 5.73 Å². The zero-order valence-electron chi connectivity index (χ0n) is 9.22. The van der Waals surface area contributed by atoms with E-state index < -0.39 is 24.5 Å². The van der Waals surface area contributed by atoms with Crippen LogP contribution in [0.3, 0.4) is 0 Å². The van der Waals surface area contributed by atoms with Crippen molar-refractivity contribution in [3.8, 4) is 5.75 Å². The fourth-order valence-corrected chi connectivity index (χ4v) is 1.47. The van der Waals surface area contributed by atoms with E-state index in [4.69, 9.17) is 10.5 Å². The number of methoxy groups -OCH3 is 1. The summed E-state index contributed by atoms with van der Waals surface area (Å²) >= 11 is 0. The maximum atomic E-state index is 12.4. The number of rotatable bonds is 4.